The number of carbonyl (C=O) groups is 2. The molecule has 2 aromatic rings. The van der Waals surface area contributed by atoms with E-state index in [9.17, 15) is 9.59 Å². The van der Waals surface area contributed by atoms with E-state index in [1.165, 1.54) is 5.56 Å². The highest BCUT2D eigenvalue weighted by Gasteiger charge is 2.51. The number of amides is 2. The molecule has 0 atom stereocenters. The smallest absolute Gasteiger partial charge is 0.253 e. The van der Waals surface area contributed by atoms with E-state index in [0.717, 1.165) is 22.4 Å². The molecule has 1 saturated heterocycles. The van der Waals surface area contributed by atoms with Crippen molar-refractivity contribution in [2.24, 2.45) is 0 Å². The van der Waals surface area contributed by atoms with Crippen LogP contribution in [0, 0.1) is 13.8 Å². The maximum atomic E-state index is 13.0. The van der Waals surface area contributed by atoms with Gasteiger partial charge in [0.1, 0.15) is 0 Å². The zero-order chi connectivity index (χ0) is 18.5. The Morgan fingerprint density at radius 1 is 1.00 bits per heavy atom. The SMILES string of the molecule is Cc1ccc(C(=O)N2CCC3(CC2)C(=O)N(C)c2ccccc23)cc1C. The minimum Gasteiger partial charge on any atom is -0.339 e. The summed E-state index contributed by atoms with van der Waals surface area (Å²) in [6, 6.07) is 13.9. The number of aryl methyl sites for hydroxylation is 2. The Hall–Kier alpha value is -2.62. The van der Waals surface area contributed by atoms with Crippen LogP contribution >= 0.6 is 0 Å². The lowest BCUT2D eigenvalue weighted by Gasteiger charge is -2.38. The summed E-state index contributed by atoms with van der Waals surface area (Å²) >= 11 is 0. The van der Waals surface area contributed by atoms with Crippen LogP contribution in [0.3, 0.4) is 0 Å². The van der Waals surface area contributed by atoms with Gasteiger partial charge in [-0.3, -0.25) is 9.59 Å². The maximum Gasteiger partial charge on any atom is 0.253 e. The highest BCUT2D eigenvalue weighted by Crippen LogP contribution is 2.47. The molecule has 0 unspecified atom stereocenters. The van der Waals surface area contributed by atoms with E-state index in [1.807, 2.05) is 62.2 Å². The molecule has 2 amide bonds. The van der Waals surface area contributed by atoms with Crippen LogP contribution in [0.15, 0.2) is 42.5 Å². The maximum absolute atomic E-state index is 13.0. The fourth-order valence-corrected chi connectivity index (χ4v) is 4.35. The molecule has 0 N–H and O–H groups in total. The first-order chi connectivity index (χ1) is 12.4. The number of piperidine rings is 1. The Morgan fingerprint density at radius 3 is 2.38 bits per heavy atom. The molecular formula is C22H24N2O2. The molecule has 26 heavy (non-hydrogen) atoms. The van der Waals surface area contributed by atoms with Crippen molar-refractivity contribution in [2.45, 2.75) is 32.1 Å². The summed E-state index contributed by atoms with van der Waals surface area (Å²) in [5.41, 5.74) is 4.71. The Kier molecular flexibility index (Phi) is 3.87. The Morgan fingerprint density at radius 2 is 1.69 bits per heavy atom. The minimum absolute atomic E-state index is 0.0648. The van der Waals surface area contributed by atoms with E-state index in [2.05, 4.69) is 6.07 Å². The van der Waals surface area contributed by atoms with Crippen LogP contribution < -0.4 is 4.90 Å². The molecule has 2 aromatic carbocycles. The summed E-state index contributed by atoms with van der Waals surface area (Å²) in [7, 11) is 1.85. The van der Waals surface area contributed by atoms with Gasteiger partial charge in [0.05, 0.1) is 5.41 Å². The molecule has 2 heterocycles. The standard InChI is InChI=1S/C22H24N2O2/c1-15-8-9-17(14-16(15)2)20(25)24-12-10-22(11-13-24)18-6-4-5-7-19(18)23(3)21(22)26/h4-9,14H,10-13H2,1-3H3. The van der Waals surface area contributed by atoms with Crippen molar-refractivity contribution >= 4 is 17.5 Å². The van der Waals surface area contributed by atoms with Crippen LogP contribution in [-0.2, 0) is 10.2 Å². The van der Waals surface area contributed by atoms with Crippen LogP contribution in [0.25, 0.3) is 0 Å². The molecule has 4 nitrogen and oxygen atoms in total. The summed E-state index contributed by atoms with van der Waals surface area (Å²) in [6.45, 7) is 5.30. The van der Waals surface area contributed by atoms with Gasteiger partial charge in [0.25, 0.3) is 5.91 Å². The van der Waals surface area contributed by atoms with Crippen molar-refractivity contribution in [1.29, 1.82) is 0 Å². The number of carbonyl (C=O) groups excluding carboxylic acids is 2. The number of anilines is 1. The number of benzene rings is 2. The highest BCUT2D eigenvalue weighted by atomic mass is 16.2. The molecular weight excluding hydrogens is 324 g/mol. The average Bonchev–Trinajstić information content (AvgIpc) is 2.87. The first-order valence-electron chi connectivity index (χ1n) is 9.18. The molecule has 1 spiro atoms. The van der Waals surface area contributed by atoms with E-state index < -0.39 is 5.41 Å². The number of hydrogen-bond acceptors (Lipinski definition) is 2. The normalized spacial score (nSPS) is 18.3. The molecule has 2 aliphatic heterocycles. The van der Waals surface area contributed by atoms with E-state index in [0.29, 0.717) is 25.9 Å². The van der Waals surface area contributed by atoms with Gasteiger partial charge in [-0.1, -0.05) is 24.3 Å². The first-order valence-corrected chi connectivity index (χ1v) is 9.18. The second kappa shape index (κ2) is 5.97. The molecule has 4 rings (SSSR count). The van der Waals surface area contributed by atoms with Crippen molar-refractivity contribution in [3.63, 3.8) is 0 Å². The molecule has 4 heteroatoms. The number of likely N-dealkylation sites (tertiary alicyclic amines) is 1. The lowest BCUT2D eigenvalue weighted by atomic mass is 9.73. The van der Waals surface area contributed by atoms with Crippen molar-refractivity contribution in [1.82, 2.24) is 4.90 Å². The topological polar surface area (TPSA) is 40.6 Å². The highest BCUT2D eigenvalue weighted by molar-refractivity contribution is 6.08. The summed E-state index contributed by atoms with van der Waals surface area (Å²) in [6.07, 6.45) is 1.37. The van der Waals surface area contributed by atoms with Crippen molar-refractivity contribution in [3.8, 4) is 0 Å². The Bertz CT molecular complexity index is 895. The lowest BCUT2D eigenvalue weighted by Crippen LogP contribution is -2.49. The quantitative estimate of drug-likeness (QED) is 0.792. The number of nitrogens with zero attached hydrogens (tertiary/aromatic N) is 2. The minimum atomic E-state index is -0.467. The van der Waals surface area contributed by atoms with Crippen LogP contribution in [-0.4, -0.2) is 36.9 Å². The van der Waals surface area contributed by atoms with E-state index in [4.69, 9.17) is 0 Å². The van der Waals surface area contributed by atoms with Crippen molar-refractivity contribution < 1.29 is 9.59 Å². The summed E-state index contributed by atoms with van der Waals surface area (Å²) < 4.78 is 0. The van der Waals surface area contributed by atoms with Gasteiger partial charge >= 0.3 is 0 Å². The zero-order valence-corrected chi connectivity index (χ0v) is 15.6. The summed E-state index contributed by atoms with van der Waals surface area (Å²) in [4.78, 5) is 29.5. The monoisotopic (exact) mass is 348 g/mol. The first kappa shape index (κ1) is 16.8. The van der Waals surface area contributed by atoms with Crippen LogP contribution in [0.5, 0.6) is 0 Å². The van der Waals surface area contributed by atoms with Crippen LogP contribution in [0.2, 0.25) is 0 Å². The molecule has 0 bridgehead atoms. The predicted molar refractivity (Wildman–Crippen MR) is 103 cm³/mol. The van der Waals surface area contributed by atoms with Gasteiger partial charge in [0.15, 0.2) is 0 Å². The second-order valence-corrected chi connectivity index (χ2v) is 7.55. The van der Waals surface area contributed by atoms with Crippen molar-refractivity contribution in [3.05, 3.63) is 64.7 Å². The summed E-state index contributed by atoms with van der Waals surface area (Å²) in [5, 5.41) is 0. The largest absolute Gasteiger partial charge is 0.339 e. The van der Waals surface area contributed by atoms with Gasteiger partial charge < -0.3 is 9.80 Å². The second-order valence-electron chi connectivity index (χ2n) is 7.55. The predicted octanol–water partition coefficient (Wildman–Crippen LogP) is 3.45. The molecule has 0 aliphatic carbocycles. The van der Waals surface area contributed by atoms with Crippen LogP contribution in [0.4, 0.5) is 5.69 Å². The Labute approximate surface area is 154 Å². The molecule has 0 aromatic heterocycles. The van der Waals surface area contributed by atoms with Crippen molar-refractivity contribution in [2.75, 3.05) is 25.0 Å². The summed E-state index contributed by atoms with van der Waals surface area (Å²) in [5.74, 6) is 0.229. The zero-order valence-electron chi connectivity index (χ0n) is 15.6. The molecule has 2 aliphatic rings. The fraction of sp³-hybridized carbons (Fsp3) is 0.364. The van der Waals surface area contributed by atoms with Gasteiger partial charge in [0.2, 0.25) is 5.91 Å². The third kappa shape index (κ3) is 2.36. The lowest BCUT2D eigenvalue weighted by molar-refractivity contribution is -0.124. The van der Waals surface area contributed by atoms with E-state index in [1.54, 1.807) is 4.90 Å². The third-order valence-corrected chi connectivity index (χ3v) is 6.15. The Balaban J connectivity index is 1.57. The molecule has 0 radical (unpaired) electrons. The molecule has 134 valence electrons. The van der Waals surface area contributed by atoms with Gasteiger partial charge in [0, 0.05) is 31.4 Å². The third-order valence-electron chi connectivity index (χ3n) is 6.15. The van der Waals surface area contributed by atoms with E-state index in [-0.39, 0.29) is 11.8 Å². The number of para-hydroxylation sites is 1. The fourth-order valence-electron chi connectivity index (χ4n) is 4.35. The number of rotatable bonds is 1. The molecule has 0 saturated carbocycles. The van der Waals surface area contributed by atoms with Crippen LogP contribution in [0.1, 0.15) is 39.9 Å². The van der Waals surface area contributed by atoms with Gasteiger partial charge in [-0.15, -0.1) is 0 Å². The number of likely N-dealkylation sites (N-methyl/N-ethyl adjacent to an activating group) is 1. The number of fused-ring (bicyclic) bond motifs is 2. The number of hydrogen-bond donors (Lipinski definition) is 0. The molecule has 1 fully saturated rings. The van der Waals surface area contributed by atoms with Gasteiger partial charge in [-0.05, 0) is 61.6 Å². The average molecular weight is 348 g/mol. The van der Waals surface area contributed by atoms with Gasteiger partial charge in [-0.25, -0.2) is 0 Å². The van der Waals surface area contributed by atoms with E-state index >= 15 is 0 Å². The van der Waals surface area contributed by atoms with Gasteiger partial charge in [-0.2, -0.15) is 0 Å².